The molecule has 0 bridgehead atoms. The van der Waals surface area contributed by atoms with E-state index >= 15 is 0 Å². The van der Waals surface area contributed by atoms with Crippen LogP contribution in [0.4, 0.5) is 5.82 Å². The number of hydrogen-bond donors (Lipinski definition) is 1. The van der Waals surface area contributed by atoms with Gasteiger partial charge in [0.15, 0.2) is 0 Å². The molecule has 1 saturated heterocycles. The molecule has 1 aliphatic heterocycles. The zero-order valence-corrected chi connectivity index (χ0v) is 12.3. The van der Waals surface area contributed by atoms with Gasteiger partial charge in [0.05, 0.1) is 18.8 Å². The van der Waals surface area contributed by atoms with Crippen LogP contribution < -0.4 is 10.6 Å². The molecule has 0 radical (unpaired) electrons. The molecule has 2 N–H and O–H groups in total. The molecule has 1 saturated carbocycles. The topological polar surface area (TPSA) is 51.4 Å². The van der Waals surface area contributed by atoms with Crippen LogP contribution >= 0.6 is 0 Å². The maximum absolute atomic E-state index is 5.95. The Kier molecular flexibility index (Phi) is 4.22. The number of nitrogens with zero attached hydrogens (tertiary/aromatic N) is 2. The molecular formula is C16H25N3O. The number of rotatable bonds is 3. The smallest absolute Gasteiger partial charge is 0.131 e. The fraction of sp³-hybridized carbons (Fsp3) is 0.688. The van der Waals surface area contributed by atoms with E-state index in [1.807, 2.05) is 6.20 Å². The summed E-state index contributed by atoms with van der Waals surface area (Å²) in [6.07, 6.45) is 8.35. The van der Waals surface area contributed by atoms with Crippen molar-refractivity contribution < 1.29 is 4.74 Å². The van der Waals surface area contributed by atoms with Crippen molar-refractivity contribution in [2.45, 2.75) is 51.2 Å². The normalized spacial score (nSPS) is 26.4. The van der Waals surface area contributed by atoms with Crippen LogP contribution in [0.1, 0.15) is 36.8 Å². The number of ether oxygens (including phenoxy) is 1. The molecular weight excluding hydrogens is 250 g/mol. The van der Waals surface area contributed by atoms with Gasteiger partial charge in [-0.25, -0.2) is 4.98 Å². The van der Waals surface area contributed by atoms with Crippen LogP contribution in [0.2, 0.25) is 0 Å². The summed E-state index contributed by atoms with van der Waals surface area (Å²) in [5.41, 5.74) is 8.13. The summed E-state index contributed by atoms with van der Waals surface area (Å²) in [5, 5.41) is 0. The molecule has 4 heteroatoms. The van der Waals surface area contributed by atoms with E-state index in [1.54, 1.807) is 0 Å². The number of fused-ring (bicyclic) bond motifs is 1. The van der Waals surface area contributed by atoms with Crippen LogP contribution in [0.15, 0.2) is 12.3 Å². The highest BCUT2D eigenvalue weighted by Crippen LogP contribution is 2.32. The number of pyridine rings is 1. The molecule has 0 spiro atoms. The quantitative estimate of drug-likeness (QED) is 0.917. The molecule has 1 aromatic rings. The largest absolute Gasteiger partial charge is 0.374 e. The van der Waals surface area contributed by atoms with Gasteiger partial charge in [-0.05, 0) is 43.9 Å². The van der Waals surface area contributed by atoms with E-state index in [9.17, 15) is 0 Å². The summed E-state index contributed by atoms with van der Waals surface area (Å²) in [5.74, 6) is 1.14. The van der Waals surface area contributed by atoms with Gasteiger partial charge in [0.2, 0.25) is 0 Å². The van der Waals surface area contributed by atoms with Crippen molar-refractivity contribution in [2.75, 3.05) is 24.6 Å². The van der Waals surface area contributed by atoms with E-state index in [4.69, 9.17) is 15.5 Å². The first-order valence-electron chi connectivity index (χ1n) is 7.83. The molecule has 0 aromatic carbocycles. The molecule has 110 valence electrons. The van der Waals surface area contributed by atoms with Crippen molar-refractivity contribution in [3.05, 3.63) is 23.4 Å². The SMILES string of the molecule is Cc1cc(CCN)cnc1N1CCOC2CCCCC21. The molecule has 1 aliphatic carbocycles. The van der Waals surface area contributed by atoms with Crippen molar-refractivity contribution in [1.29, 1.82) is 0 Å². The lowest BCUT2D eigenvalue weighted by atomic mass is 9.90. The highest BCUT2D eigenvalue weighted by atomic mass is 16.5. The van der Waals surface area contributed by atoms with Gasteiger partial charge in [-0.15, -0.1) is 0 Å². The molecule has 20 heavy (non-hydrogen) atoms. The van der Waals surface area contributed by atoms with Crippen molar-refractivity contribution in [3.63, 3.8) is 0 Å². The van der Waals surface area contributed by atoms with Crippen molar-refractivity contribution >= 4 is 5.82 Å². The number of nitrogens with two attached hydrogens (primary N) is 1. The van der Waals surface area contributed by atoms with E-state index in [0.717, 1.165) is 25.4 Å². The number of aromatic nitrogens is 1. The number of aryl methyl sites for hydroxylation is 1. The predicted molar refractivity (Wildman–Crippen MR) is 81.1 cm³/mol. The van der Waals surface area contributed by atoms with E-state index in [1.165, 1.54) is 36.8 Å². The Morgan fingerprint density at radius 2 is 2.25 bits per heavy atom. The highest BCUT2D eigenvalue weighted by molar-refractivity contribution is 5.49. The lowest BCUT2D eigenvalue weighted by Gasteiger charge is -2.44. The van der Waals surface area contributed by atoms with Gasteiger partial charge in [0.1, 0.15) is 5.82 Å². The maximum Gasteiger partial charge on any atom is 0.131 e. The zero-order valence-electron chi connectivity index (χ0n) is 12.3. The third kappa shape index (κ3) is 2.67. The summed E-state index contributed by atoms with van der Waals surface area (Å²) in [7, 11) is 0. The third-order valence-corrected chi connectivity index (χ3v) is 4.54. The van der Waals surface area contributed by atoms with Gasteiger partial charge in [-0.2, -0.15) is 0 Å². The first kappa shape index (κ1) is 13.8. The first-order chi connectivity index (χ1) is 9.79. The second kappa shape index (κ2) is 6.10. The average Bonchev–Trinajstić information content (AvgIpc) is 2.47. The van der Waals surface area contributed by atoms with Gasteiger partial charge in [-0.1, -0.05) is 18.9 Å². The molecule has 4 nitrogen and oxygen atoms in total. The minimum absolute atomic E-state index is 0.405. The van der Waals surface area contributed by atoms with E-state index < -0.39 is 0 Å². The Bertz CT molecular complexity index is 461. The fourth-order valence-electron chi connectivity index (χ4n) is 3.59. The van der Waals surface area contributed by atoms with Crippen LogP contribution in [0.5, 0.6) is 0 Å². The molecule has 0 amide bonds. The molecule has 3 rings (SSSR count). The Morgan fingerprint density at radius 1 is 1.40 bits per heavy atom. The minimum Gasteiger partial charge on any atom is -0.374 e. The molecule has 2 atom stereocenters. The monoisotopic (exact) mass is 275 g/mol. The zero-order chi connectivity index (χ0) is 13.9. The maximum atomic E-state index is 5.95. The molecule has 2 unspecified atom stereocenters. The predicted octanol–water partition coefficient (Wildman–Crippen LogP) is 2.04. The van der Waals surface area contributed by atoms with Crippen LogP contribution in [-0.4, -0.2) is 36.8 Å². The standard InChI is InChI=1S/C16H25N3O/c1-12-10-13(6-7-17)11-18-16(12)19-8-9-20-15-5-3-2-4-14(15)19/h10-11,14-15H,2-9,17H2,1H3. The van der Waals surface area contributed by atoms with Crippen molar-refractivity contribution in [1.82, 2.24) is 4.98 Å². The summed E-state index contributed by atoms with van der Waals surface area (Å²) in [4.78, 5) is 7.21. The van der Waals surface area contributed by atoms with Gasteiger partial charge in [-0.3, -0.25) is 0 Å². The van der Waals surface area contributed by atoms with Gasteiger partial charge >= 0.3 is 0 Å². The van der Waals surface area contributed by atoms with Gasteiger partial charge < -0.3 is 15.4 Å². The third-order valence-electron chi connectivity index (χ3n) is 4.54. The molecule has 2 heterocycles. The van der Waals surface area contributed by atoms with E-state index in [-0.39, 0.29) is 0 Å². The van der Waals surface area contributed by atoms with Crippen molar-refractivity contribution in [3.8, 4) is 0 Å². The van der Waals surface area contributed by atoms with Crippen LogP contribution in [0.25, 0.3) is 0 Å². The number of morpholine rings is 1. The molecule has 1 aromatic heterocycles. The van der Waals surface area contributed by atoms with Crippen LogP contribution in [0.3, 0.4) is 0 Å². The van der Waals surface area contributed by atoms with Gasteiger partial charge in [0, 0.05) is 12.7 Å². The Balaban J connectivity index is 1.83. The summed E-state index contributed by atoms with van der Waals surface area (Å²) in [6, 6.07) is 2.76. The number of anilines is 1. The lowest BCUT2D eigenvalue weighted by Crippen LogP contribution is -2.53. The minimum atomic E-state index is 0.405. The van der Waals surface area contributed by atoms with Crippen LogP contribution in [-0.2, 0) is 11.2 Å². The number of hydrogen-bond acceptors (Lipinski definition) is 4. The second-order valence-corrected chi connectivity index (χ2v) is 5.98. The highest BCUT2D eigenvalue weighted by Gasteiger charge is 2.35. The molecule has 2 aliphatic rings. The van der Waals surface area contributed by atoms with Crippen LogP contribution in [0, 0.1) is 6.92 Å². The molecule has 2 fully saturated rings. The van der Waals surface area contributed by atoms with E-state index in [2.05, 4.69) is 17.9 Å². The lowest BCUT2D eigenvalue weighted by molar-refractivity contribution is -0.00903. The van der Waals surface area contributed by atoms with Gasteiger partial charge in [0.25, 0.3) is 0 Å². The summed E-state index contributed by atoms with van der Waals surface area (Å²) >= 11 is 0. The summed E-state index contributed by atoms with van der Waals surface area (Å²) < 4.78 is 5.95. The second-order valence-electron chi connectivity index (χ2n) is 5.98. The Labute approximate surface area is 121 Å². The van der Waals surface area contributed by atoms with Crippen molar-refractivity contribution in [2.24, 2.45) is 5.73 Å². The average molecular weight is 275 g/mol. The summed E-state index contributed by atoms with van der Waals surface area (Å²) in [6.45, 7) is 4.64. The fourth-order valence-corrected chi connectivity index (χ4v) is 3.59. The van der Waals surface area contributed by atoms with E-state index in [0.29, 0.717) is 18.7 Å². The Morgan fingerprint density at radius 3 is 3.05 bits per heavy atom. The first-order valence-corrected chi connectivity index (χ1v) is 7.83. The Hall–Kier alpha value is -1.13.